The van der Waals surface area contributed by atoms with Gasteiger partial charge < -0.3 is 19.3 Å². The Kier molecular flexibility index (Phi) is 7.62. The first-order valence-corrected chi connectivity index (χ1v) is 13.9. The van der Waals surface area contributed by atoms with Crippen molar-refractivity contribution in [2.24, 2.45) is 5.92 Å². The zero-order valence-electron chi connectivity index (χ0n) is 22.7. The van der Waals surface area contributed by atoms with Crippen molar-refractivity contribution in [2.75, 3.05) is 24.7 Å². The Labute approximate surface area is 236 Å². The molecule has 2 aliphatic heterocycles. The number of aliphatic hydroxyl groups excluding tert-OH is 1. The van der Waals surface area contributed by atoms with Gasteiger partial charge >= 0.3 is 5.91 Å². The van der Waals surface area contributed by atoms with Crippen molar-refractivity contribution in [3.05, 3.63) is 69.7 Å². The molecule has 1 fully saturated rings. The number of aliphatic hydroxyl groups is 1. The van der Waals surface area contributed by atoms with Crippen LogP contribution in [0.25, 0.3) is 5.76 Å². The number of anilines is 1. The van der Waals surface area contributed by atoms with E-state index in [1.807, 2.05) is 0 Å². The normalized spacial score (nSPS) is 17.9. The number of thiazole rings is 1. The van der Waals surface area contributed by atoms with E-state index < -0.39 is 17.7 Å². The molecule has 40 heavy (non-hydrogen) atoms. The van der Waals surface area contributed by atoms with Crippen molar-refractivity contribution in [2.45, 2.75) is 40.2 Å². The number of Topliss-reactive ketones (excluding diaryl/α,β-unsaturated/α-hetero) is 2. The van der Waals surface area contributed by atoms with Crippen LogP contribution in [-0.2, 0) is 9.59 Å². The minimum absolute atomic E-state index is 0.0989. The van der Waals surface area contributed by atoms with E-state index in [1.165, 1.54) is 11.8 Å². The van der Waals surface area contributed by atoms with Crippen LogP contribution in [0.15, 0.2) is 48.0 Å². The third-order valence-electron chi connectivity index (χ3n) is 6.71. The predicted molar refractivity (Wildman–Crippen MR) is 150 cm³/mol. The lowest BCUT2D eigenvalue weighted by Crippen LogP contribution is -2.29. The average Bonchev–Trinajstić information content (AvgIpc) is 3.44. The van der Waals surface area contributed by atoms with Crippen LogP contribution in [0.3, 0.4) is 0 Å². The van der Waals surface area contributed by atoms with Gasteiger partial charge in [-0.3, -0.25) is 19.3 Å². The Hall–Kier alpha value is -4.18. The lowest BCUT2D eigenvalue weighted by molar-refractivity contribution is -0.132. The molecule has 0 unspecified atom stereocenters. The van der Waals surface area contributed by atoms with E-state index >= 15 is 0 Å². The van der Waals surface area contributed by atoms with Crippen molar-refractivity contribution in [1.29, 1.82) is 0 Å². The largest absolute Gasteiger partial charge is 0.507 e. The topological polar surface area (TPSA) is 115 Å². The van der Waals surface area contributed by atoms with E-state index in [9.17, 15) is 19.5 Å². The molecule has 0 aliphatic carbocycles. The molecule has 1 aromatic heterocycles. The van der Waals surface area contributed by atoms with E-state index in [2.05, 4.69) is 18.8 Å². The van der Waals surface area contributed by atoms with Crippen LogP contribution >= 0.6 is 11.3 Å². The number of carbonyl (C=O) groups is 3. The Balaban J connectivity index is 1.64. The lowest BCUT2D eigenvalue weighted by Gasteiger charge is -2.24. The summed E-state index contributed by atoms with van der Waals surface area (Å²) < 4.78 is 17.2. The summed E-state index contributed by atoms with van der Waals surface area (Å²) in [5.74, 6) is -0.253. The summed E-state index contributed by atoms with van der Waals surface area (Å²) in [6, 6.07) is 10.9. The van der Waals surface area contributed by atoms with Gasteiger partial charge in [-0.2, -0.15) is 0 Å². The van der Waals surface area contributed by atoms with Gasteiger partial charge in [0.1, 0.15) is 24.7 Å². The Morgan fingerprint density at radius 2 is 1.90 bits per heavy atom. The molecule has 0 radical (unpaired) electrons. The molecule has 0 saturated carbocycles. The molecule has 10 heteroatoms. The summed E-state index contributed by atoms with van der Waals surface area (Å²) in [6.07, 6.45) is 0.860. The summed E-state index contributed by atoms with van der Waals surface area (Å²) in [7, 11) is 0. The molecule has 3 heterocycles. The number of rotatable bonds is 8. The molecule has 1 N–H and O–H groups in total. The number of amides is 1. The second kappa shape index (κ2) is 11.1. The highest BCUT2D eigenvalue weighted by atomic mass is 32.1. The fraction of sp³-hybridized carbons (Fsp3) is 0.333. The number of carbonyl (C=O) groups excluding carboxylic acids is 3. The Morgan fingerprint density at radius 3 is 2.60 bits per heavy atom. The molecule has 5 rings (SSSR count). The van der Waals surface area contributed by atoms with Crippen LogP contribution in [0.4, 0.5) is 5.13 Å². The van der Waals surface area contributed by atoms with Crippen molar-refractivity contribution in [3.63, 3.8) is 0 Å². The van der Waals surface area contributed by atoms with Crippen LogP contribution in [0.1, 0.15) is 59.7 Å². The highest BCUT2D eigenvalue weighted by molar-refractivity contribution is 7.18. The molecule has 9 nitrogen and oxygen atoms in total. The maximum Gasteiger partial charge on any atom is 0.301 e. The number of hydrogen-bond donors (Lipinski definition) is 1. The molecule has 2 aromatic carbocycles. The molecule has 0 spiro atoms. The minimum Gasteiger partial charge on any atom is -0.507 e. The summed E-state index contributed by atoms with van der Waals surface area (Å²) in [5.41, 5.74) is 1.22. The van der Waals surface area contributed by atoms with Gasteiger partial charge in [0.25, 0.3) is 5.78 Å². The number of nitrogens with zero attached hydrogens (tertiary/aromatic N) is 2. The lowest BCUT2D eigenvalue weighted by atomic mass is 9.95. The molecular weight excluding hydrogens is 532 g/mol. The van der Waals surface area contributed by atoms with E-state index in [0.29, 0.717) is 64.7 Å². The SMILES string of the molecule is CC(=O)c1sc(N2C(=O)C(=O)C(=C(O)c3ccc4c(c3)OCCO4)[C@H]2c2cccc(OCCC(C)C)c2)nc1C. The number of ether oxygens (including phenoxy) is 3. The molecule has 1 saturated heterocycles. The smallest absolute Gasteiger partial charge is 0.301 e. The van der Waals surface area contributed by atoms with Gasteiger partial charge in [-0.15, -0.1) is 0 Å². The molecule has 3 aromatic rings. The zero-order valence-corrected chi connectivity index (χ0v) is 23.5. The van der Waals surface area contributed by atoms with Crippen molar-refractivity contribution in [1.82, 2.24) is 4.98 Å². The molecular formula is C30H30N2O7S. The summed E-state index contributed by atoms with van der Waals surface area (Å²) in [5, 5.41) is 11.7. The second-order valence-electron chi connectivity index (χ2n) is 10.1. The monoisotopic (exact) mass is 562 g/mol. The third kappa shape index (κ3) is 5.19. The van der Waals surface area contributed by atoms with E-state index in [1.54, 1.807) is 49.4 Å². The van der Waals surface area contributed by atoms with Crippen LogP contribution in [0.2, 0.25) is 0 Å². The van der Waals surface area contributed by atoms with Gasteiger partial charge in [-0.05, 0) is 55.2 Å². The minimum atomic E-state index is -1.01. The van der Waals surface area contributed by atoms with E-state index in [4.69, 9.17) is 14.2 Å². The standard InChI is InChI=1S/C30H30N2O7S/c1-16(2)10-11-37-21-7-5-6-19(14-21)25-24(26(34)20-8-9-22-23(15-20)39-13-12-38-22)27(35)29(36)32(25)30-31-17(3)28(40-30)18(4)33/h5-9,14-16,25,34H,10-13H2,1-4H3/t25-/m1/s1. The molecule has 2 aliphatic rings. The predicted octanol–water partition coefficient (Wildman–Crippen LogP) is 5.48. The zero-order chi connectivity index (χ0) is 28.6. The van der Waals surface area contributed by atoms with E-state index in [-0.39, 0.29) is 22.2 Å². The van der Waals surface area contributed by atoms with E-state index in [0.717, 1.165) is 17.8 Å². The maximum absolute atomic E-state index is 13.5. The molecule has 0 bridgehead atoms. The van der Waals surface area contributed by atoms with Crippen molar-refractivity contribution >= 4 is 39.7 Å². The van der Waals surface area contributed by atoms with Gasteiger partial charge in [-0.1, -0.05) is 37.3 Å². The van der Waals surface area contributed by atoms with Crippen LogP contribution in [-0.4, -0.2) is 47.4 Å². The summed E-state index contributed by atoms with van der Waals surface area (Å²) in [4.78, 5) is 45.4. The van der Waals surface area contributed by atoms with Gasteiger partial charge in [0.2, 0.25) is 0 Å². The quantitative estimate of drug-likeness (QED) is 0.166. The number of hydrogen-bond acceptors (Lipinski definition) is 9. The van der Waals surface area contributed by atoms with Crippen LogP contribution < -0.4 is 19.1 Å². The Morgan fingerprint density at radius 1 is 1.15 bits per heavy atom. The van der Waals surface area contributed by atoms with Gasteiger partial charge in [-0.25, -0.2) is 4.98 Å². The summed E-state index contributed by atoms with van der Waals surface area (Å²) >= 11 is 1.04. The highest BCUT2D eigenvalue weighted by Crippen LogP contribution is 2.45. The number of aryl methyl sites for hydroxylation is 1. The molecule has 1 atom stereocenters. The molecule has 208 valence electrons. The number of fused-ring (bicyclic) bond motifs is 1. The first-order valence-electron chi connectivity index (χ1n) is 13.1. The molecule has 1 amide bonds. The van der Waals surface area contributed by atoms with Gasteiger partial charge in [0.15, 0.2) is 22.4 Å². The number of ketones is 2. The number of benzene rings is 2. The van der Waals surface area contributed by atoms with Gasteiger partial charge in [0, 0.05) is 12.5 Å². The maximum atomic E-state index is 13.5. The van der Waals surface area contributed by atoms with Gasteiger partial charge in [0.05, 0.1) is 28.8 Å². The average molecular weight is 563 g/mol. The van der Waals surface area contributed by atoms with Crippen molar-refractivity contribution in [3.8, 4) is 17.2 Å². The first kappa shape index (κ1) is 27.4. The van der Waals surface area contributed by atoms with Crippen LogP contribution in [0.5, 0.6) is 17.2 Å². The Bertz CT molecular complexity index is 1520. The first-order chi connectivity index (χ1) is 19.2. The third-order valence-corrected chi connectivity index (χ3v) is 7.97. The second-order valence-corrected chi connectivity index (χ2v) is 11.1. The van der Waals surface area contributed by atoms with Crippen molar-refractivity contribution < 1.29 is 33.7 Å². The fourth-order valence-electron chi connectivity index (χ4n) is 4.69. The highest BCUT2D eigenvalue weighted by Gasteiger charge is 2.48. The van der Waals surface area contributed by atoms with Crippen LogP contribution in [0, 0.1) is 12.8 Å². The fourth-order valence-corrected chi connectivity index (χ4v) is 5.68. The summed E-state index contributed by atoms with van der Waals surface area (Å²) in [6.45, 7) is 8.59. The number of aromatic nitrogens is 1.